The molecule has 0 fully saturated rings. The molecular weight excluding hydrogens is 548 g/mol. The van der Waals surface area contributed by atoms with E-state index in [4.69, 9.17) is 0 Å². The maximum absolute atomic E-state index is 10.9. The van der Waals surface area contributed by atoms with Gasteiger partial charge < -0.3 is 44.6 Å². The summed E-state index contributed by atoms with van der Waals surface area (Å²) in [6, 6.07) is 0. The Kier molecular flexibility index (Phi) is 26.9. The first-order chi connectivity index (χ1) is 11.4. The van der Waals surface area contributed by atoms with Crippen LogP contribution in [0.2, 0.25) is 0 Å². The van der Waals surface area contributed by atoms with Crippen molar-refractivity contribution >= 4 is 63.0 Å². The molecule has 0 aromatic carbocycles. The maximum atomic E-state index is 10.9. The molecule has 25 heavy (non-hydrogen) atoms. The molecule has 2 radical (unpaired) electrons. The predicted molar refractivity (Wildman–Crippen MR) is 114 cm³/mol. The Morgan fingerprint density at radius 1 is 0.600 bits per heavy atom. The zero-order chi connectivity index (χ0) is 18.8. The second kappa shape index (κ2) is 22.3. The Labute approximate surface area is 186 Å². The molecule has 0 aliphatic heterocycles. The van der Waals surface area contributed by atoms with Crippen LogP contribution in [0.25, 0.3) is 0 Å². The van der Waals surface area contributed by atoms with Crippen molar-refractivity contribution in [3.63, 3.8) is 0 Å². The minimum Gasteiger partial charge on any atom is -0.719 e. The summed E-state index contributed by atoms with van der Waals surface area (Å²) in [5.74, 6) is 0. The number of unbranched alkanes of at least 4 members (excludes halogenated alkanes) is 4. The van der Waals surface area contributed by atoms with E-state index in [0.717, 1.165) is 77.5 Å². The topological polar surface area (TPSA) is 40.6 Å². The van der Waals surface area contributed by atoms with Gasteiger partial charge in [-0.3, -0.25) is 0 Å². The Morgan fingerprint density at radius 3 is 0.920 bits per heavy atom. The van der Waals surface area contributed by atoms with E-state index in [-0.39, 0.29) is 37.8 Å². The van der Waals surface area contributed by atoms with Crippen LogP contribution in [0.3, 0.4) is 0 Å². The van der Waals surface area contributed by atoms with Crippen LogP contribution in [0.4, 0.5) is 9.59 Å². The minimum atomic E-state index is -0.197. The molecule has 0 aliphatic rings. The third-order valence-electron chi connectivity index (χ3n) is 3.64. The van der Waals surface area contributed by atoms with E-state index in [9.17, 15) is 9.59 Å². The van der Waals surface area contributed by atoms with E-state index in [1.807, 2.05) is 0 Å². The van der Waals surface area contributed by atoms with Gasteiger partial charge in [-0.2, -0.15) is 0 Å². The molecule has 0 atom stereocenters. The fourth-order valence-electron chi connectivity index (χ4n) is 1.98. The normalized spacial score (nSPS) is 9.44. The van der Waals surface area contributed by atoms with Crippen molar-refractivity contribution in [2.24, 2.45) is 0 Å². The van der Waals surface area contributed by atoms with E-state index in [0.29, 0.717) is 0 Å². The molecule has 0 saturated heterocycles. The number of rotatable bonds is 12. The summed E-state index contributed by atoms with van der Waals surface area (Å²) in [6.07, 6.45) is 8.71. The summed E-state index contributed by atoms with van der Waals surface area (Å²) in [4.78, 5) is 25.3. The van der Waals surface area contributed by atoms with Crippen LogP contribution in [-0.2, 0) is 25.3 Å². The Morgan fingerprint density at radius 2 is 0.800 bits per heavy atom. The molecule has 0 aromatic heterocycles. The van der Waals surface area contributed by atoms with Gasteiger partial charge in [-0.25, -0.2) is 0 Å². The zero-order valence-electron chi connectivity index (χ0n) is 16.5. The number of amides is 2. The molecular formula is C18H36N2O2PbS2. The van der Waals surface area contributed by atoms with Crippen LogP contribution < -0.4 is 0 Å². The van der Waals surface area contributed by atoms with Gasteiger partial charge in [0.25, 0.3) is 0 Å². The van der Waals surface area contributed by atoms with Crippen molar-refractivity contribution in [2.75, 3.05) is 26.2 Å². The average Bonchev–Trinajstić information content (AvgIpc) is 2.55. The quantitative estimate of drug-likeness (QED) is 0.246. The van der Waals surface area contributed by atoms with Crippen molar-refractivity contribution in [3.05, 3.63) is 0 Å². The fourth-order valence-corrected chi connectivity index (χ4v) is 2.35. The standard InChI is InChI=1S/2C9H19NOS.Pb/c2*1-3-5-7-10(9(11)12)8-6-4-2;/h2*3-8H2,1-2H3,(H,11,12);/q;;+2/p-2. The summed E-state index contributed by atoms with van der Waals surface area (Å²) >= 11 is 9.23. The van der Waals surface area contributed by atoms with Crippen LogP contribution in [0.5, 0.6) is 0 Å². The van der Waals surface area contributed by atoms with Gasteiger partial charge in [0.2, 0.25) is 0 Å². The summed E-state index contributed by atoms with van der Waals surface area (Å²) in [6.45, 7) is 11.8. The van der Waals surface area contributed by atoms with Crippen molar-refractivity contribution < 1.29 is 9.59 Å². The Hall–Kier alpha value is 0.302. The molecule has 0 spiro atoms. The average molecular weight is 584 g/mol. The van der Waals surface area contributed by atoms with E-state index < -0.39 is 0 Å². The van der Waals surface area contributed by atoms with E-state index >= 15 is 0 Å². The molecule has 0 aromatic rings. The second-order valence-electron chi connectivity index (χ2n) is 5.92. The molecule has 7 heteroatoms. The van der Waals surface area contributed by atoms with E-state index in [1.165, 1.54) is 0 Å². The second-order valence-corrected chi connectivity index (χ2v) is 6.62. The number of carbonyl (C=O) groups is 2. The van der Waals surface area contributed by atoms with E-state index in [1.54, 1.807) is 9.80 Å². The van der Waals surface area contributed by atoms with Crippen molar-refractivity contribution in [2.45, 2.75) is 79.1 Å². The Balaban J connectivity index is -0.000000372. The molecule has 0 heterocycles. The van der Waals surface area contributed by atoms with Crippen molar-refractivity contribution in [1.29, 1.82) is 0 Å². The molecule has 0 saturated carbocycles. The fraction of sp³-hybridized carbons (Fsp3) is 0.889. The van der Waals surface area contributed by atoms with Gasteiger partial charge in [0.05, 0.1) is 0 Å². The molecule has 0 bridgehead atoms. The first kappa shape index (κ1) is 30.0. The van der Waals surface area contributed by atoms with Crippen LogP contribution >= 0.6 is 0 Å². The molecule has 146 valence electrons. The smallest absolute Gasteiger partial charge is 0.719 e. The third-order valence-corrected chi connectivity index (χ3v) is 4.16. The number of hydrogen-bond donors (Lipinski definition) is 0. The first-order valence-corrected chi connectivity index (χ1v) is 10.2. The first-order valence-electron chi connectivity index (χ1n) is 9.36. The van der Waals surface area contributed by atoms with Gasteiger partial charge in [-0.05, 0) is 25.7 Å². The molecule has 2 amide bonds. The molecule has 0 rings (SSSR count). The zero-order valence-corrected chi connectivity index (χ0v) is 22.0. The molecule has 0 unspecified atom stereocenters. The van der Waals surface area contributed by atoms with E-state index in [2.05, 4.69) is 53.0 Å². The number of carbonyl (C=O) groups excluding carboxylic acids is 2. The van der Waals surface area contributed by atoms with Gasteiger partial charge in [0.15, 0.2) is 0 Å². The largest absolute Gasteiger partial charge is 2.00 e. The van der Waals surface area contributed by atoms with Gasteiger partial charge in [-0.15, -0.1) is 0 Å². The van der Waals surface area contributed by atoms with Gasteiger partial charge in [0, 0.05) is 26.2 Å². The minimum absolute atomic E-state index is 0. The monoisotopic (exact) mass is 584 g/mol. The Bertz CT molecular complexity index is 275. The van der Waals surface area contributed by atoms with Gasteiger partial charge in [0.1, 0.15) is 10.5 Å². The molecule has 4 nitrogen and oxygen atoms in total. The summed E-state index contributed by atoms with van der Waals surface area (Å²) in [5, 5.41) is -0.395. The number of nitrogens with zero attached hydrogens (tertiary/aromatic N) is 2. The third kappa shape index (κ3) is 20.5. The predicted octanol–water partition coefficient (Wildman–Crippen LogP) is 4.73. The summed E-state index contributed by atoms with van der Waals surface area (Å²) in [7, 11) is 0. The molecule has 0 N–H and O–H groups in total. The van der Waals surface area contributed by atoms with Crippen molar-refractivity contribution in [1.82, 2.24) is 9.80 Å². The summed E-state index contributed by atoms with van der Waals surface area (Å²) in [5.41, 5.74) is 0. The molecule has 0 aliphatic carbocycles. The summed E-state index contributed by atoms with van der Waals surface area (Å²) < 4.78 is 0. The van der Waals surface area contributed by atoms with Crippen LogP contribution in [0.1, 0.15) is 79.1 Å². The maximum Gasteiger partial charge on any atom is 2.00 e. The van der Waals surface area contributed by atoms with Crippen LogP contribution in [-0.4, -0.2) is 73.8 Å². The number of hydrogen-bond acceptors (Lipinski definition) is 4. The van der Waals surface area contributed by atoms with Crippen molar-refractivity contribution in [3.8, 4) is 0 Å². The van der Waals surface area contributed by atoms with Crippen LogP contribution in [0.15, 0.2) is 0 Å². The van der Waals surface area contributed by atoms with Crippen LogP contribution in [0, 0.1) is 0 Å². The SMILES string of the molecule is CCCCN(CCCC)C(=O)[S-].CCCCN(CCCC)C(=O)[S-].[Pb+2]. The van der Waals surface area contributed by atoms with Gasteiger partial charge >= 0.3 is 27.3 Å². The van der Waals surface area contributed by atoms with Gasteiger partial charge in [-0.1, -0.05) is 53.4 Å².